The molecule has 2 rings (SSSR count). The van der Waals surface area contributed by atoms with Gasteiger partial charge in [0, 0.05) is 20.0 Å². The van der Waals surface area contributed by atoms with E-state index in [1.165, 1.54) is 30.9 Å². The summed E-state index contributed by atoms with van der Waals surface area (Å²) in [6.45, 7) is 2.21. The average molecular weight is 504 g/mol. The van der Waals surface area contributed by atoms with E-state index in [9.17, 15) is 23.4 Å². The maximum Gasteiger partial charge on any atom is 0.322 e. The van der Waals surface area contributed by atoms with Gasteiger partial charge in [-0.1, -0.05) is 37.1 Å². The minimum absolute atomic E-state index is 0.0244. The number of aliphatic hydroxyl groups is 1. The fourth-order valence-corrected chi connectivity index (χ4v) is 5.40. The highest BCUT2D eigenvalue weighted by Crippen LogP contribution is 2.23. The molecule has 1 aromatic carbocycles. The van der Waals surface area contributed by atoms with Crippen molar-refractivity contribution in [3.63, 3.8) is 0 Å². The van der Waals surface area contributed by atoms with Gasteiger partial charge in [-0.3, -0.25) is 4.79 Å². The number of benzene rings is 1. The van der Waals surface area contributed by atoms with Crippen LogP contribution in [0.3, 0.4) is 0 Å². The van der Waals surface area contributed by atoms with Gasteiger partial charge >= 0.3 is 5.97 Å². The van der Waals surface area contributed by atoms with Gasteiger partial charge in [0.25, 0.3) is 0 Å². The number of halogens is 1. The smallest absolute Gasteiger partial charge is 0.322 e. The number of carbonyl (C=O) groups is 1. The third-order valence-corrected chi connectivity index (χ3v) is 8.09. The monoisotopic (exact) mass is 503 g/mol. The Labute approximate surface area is 198 Å². The van der Waals surface area contributed by atoms with Crippen molar-refractivity contribution < 1.29 is 23.4 Å². The van der Waals surface area contributed by atoms with Crippen LogP contribution in [0.15, 0.2) is 29.2 Å². The molecule has 1 aromatic heterocycles. The zero-order chi connectivity index (χ0) is 23.9. The van der Waals surface area contributed by atoms with E-state index >= 15 is 0 Å². The predicted molar refractivity (Wildman–Crippen MR) is 127 cm³/mol. The van der Waals surface area contributed by atoms with Crippen molar-refractivity contribution in [1.82, 2.24) is 13.9 Å². The molecule has 0 amide bonds. The summed E-state index contributed by atoms with van der Waals surface area (Å²) in [5.74, 6) is 0.141. The van der Waals surface area contributed by atoms with Crippen molar-refractivity contribution in [2.24, 2.45) is 0 Å². The van der Waals surface area contributed by atoms with Crippen LogP contribution < -0.4 is 0 Å². The van der Waals surface area contributed by atoms with Crippen molar-refractivity contribution >= 4 is 39.4 Å². The first-order valence-electron chi connectivity index (χ1n) is 10.3. The fourth-order valence-electron chi connectivity index (χ4n) is 3.34. The van der Waals surface area contributed by atoms with Crippen LogP contribution >= 0.6 is 23.4 Å². The van der Waals surface area contributed by atoms with E-state index in [1.54, 1.807) is 12.1 Å². The summed E-state index contributed by atoms with van der Waals surface area (Å²) in [7, 11) is -2.67. The van der Waals surface area contributed by atoms with Gasteiger partial charge in [-0.2, -0.15) is 16.1 Å². The van der Waals surface area contributed by atoms with Crippen molar-refractivity contribution in [1.29, 1.82) is 0 Å². The number of rotatable bonds is 13. The maximum absolute atomic E-state index is 13.0. The Balaban J connectivity index is 2.27. The summed E-state index contributed by atoms with van der Waals surface area (Å²) in [5, 5.41) is 19.4. The third kappa shape index (κ3) is 6.26. The highest BCUT2D eigenvalue weighted by molar-refractivity contribution is 7.98. The summed E-state index contributed by atoms with van der Waals surface area (Å²) in [6.07, 6.45) is 4.71. The molecule has 0 aliphatic carbocycles. The Morgan fingerprint density at radius 1 is 1.31 bits per heavy atom. The number of aromatic nitrogens is 2. The molecule has 1 atom stereocenters. The van der Waals surface area contributed by atoms with E-state index in [0.29, 0.717) is 18.0 Å². The summed E-state index contributed by atoms with van der Waals surface area (Å²) in [5.41, 5.74) is 1.33. The highest BCUT2D eigenvalue weighted by Gasteiger charge is 2.32. The number of likely N-dealkylation sites (N-methyl/N-ethyl adjacent to an activating group) is 1. The molecule has 0 bridgehead atoms. The molecule has 1 heterocycles. The molecule has 1 unspecified atom stereocenters. The van der Waals surface area contributed by atoms with Crippen molar-refractivity contribution in [3.8, 4) is 0 Å². The molecule has 2 N–H and O–H groups in total. The molecule has 8 nitrogen and oxygen atoms in total. The summed E-state index contributed by atoms with van der Waals surface area (Å²) in [4.78, 5) is 16.0. The average Bonchev–Trinajstić information content (AvgIpc) is 3.06. The molecule has 0 aliphatic heterocycles. The first-order chi connectivity index (χ1) is 15.2. The van der Waals surface area contributed by atoms with Gasteiger partial charge in [0.15, 0.2) is 5.15 Å². The van der Waals surface area contributed by atoms with Crippen molar-refractivity contribution in [3.05, 3.63) is 46.5 Å². The number of unbranched alkanes of at least 4 members (excludes halogenated alkanes) is 1. The van der Waals surface area contributed by atoms with Crippen LogP contribution in [-0.2, 0) is 34.4 Å². The van der Waals surface area contributed by atoms with E-state index in [1.807, 2.05) is 10.8 Å². The van der Waals surface area contributed by atoms with Gasteiger partial charge in [-0.15, -0.1) is 0 Å². The van der Waals surface area contributed by atoms with E-state index in [4.69, 9.17) is 11.6 Å². The Kier molecular flexibility index (Phi) is 10.0. The molecule has 0 radical (unpaired) electrons. The van der Waals surface area contributed by atoms with E-state index in [2.05, 4.69) is 11.9 Å². The number of carboxylic acids is 1. The topological polar surface area (TPSA) is 113 Å². The van der Waals surface area contributed by atoms with Gasteiger partial charge in [-0.05, 0) is 42.5 Å². The molecular weight excluding hydrogens is 474 g/mol. The SMILES string of the molecule is CCCCc1nc(Cl)c(CO)n1Cc1ccc(S(=O)(=O)N(C)C(CCSC)C(=O)O)cc1. The molecule has 178 valence electrons. The molecule has 2 aromatic rings. The van der Waals surface area contributed by atoms with Crippen LogP contribution in [0.4, 0.5) is 0 Å². The molecule has 0 saturated carbocycles. The number of thioether (sulfide) groups is 1. The zero-order valence-electron chi connectivity index (χ0n) is 18.5. The van der Waals surface area contributed by atoms with Crippen LogP contribution in [0.2, 0.25) is 5.15 Å². The van der Waals surface area contributed by atoms with Gasteiger partial charge in [0.2, 0.25) is 10.0 Å². The zero-order valence-corrected chi connectivity index (χ0v) is 20.9. The number of imidazole rings is 1. The number of aliphatic carboxylic acids is 1. The van der Waals surface area contributed by atoms with Crippen LogP contribution in [0.1, 0.15) is 43.3 Å². The minimum atomic E-state index is -3.97. The molecule has 0 spiro atoms. The Morgan fingerprint density at radius 2 is 1.97 bits per heavy atom. The number of aliphatic hydroxyl groups excluding tert-OH is 1. The number of carboxylic acid groups (broad SMARTS) is 1. The van der Waals surface area contributed by atoms with Gasteiger partial charge < -0.3 is 14.8 Å². The largest absolute Gasteiger partial charge is 0.480 e. The third-order valence-electron chi connectivity index (χ3n) is 5.27. The molecular formula is C21H30ClN3O5S2. The van der Waals surface area contributed by atoms with Crippen LogP contribution in [-0.4, -0.2) is 63.6 Å². The lowest BCUT2D eigenvalue weighted by Crippen LogP contribution is -2.42. The van der Waals surface area contributed by atoms with Crippen molar-refractivity contribution in [2.75, 3.05) is 19.1 Å². The number of aryl methyl sites for hydroxylation is 1. The second-order valence-electron chi connectivity index (χ2n) is 7.41. The van der Waals surface area contributed by atoms with E-state index in [0.717, 1.165) is 35.0 Å². The number of nitrogens with zero attached hydrogens (tertiary/aromatic N) is 3. The highest BCUT2D eigenvalue weighted by atomic mass is 35.5. The molecule has 32 heavy (non-hydrogen) atoms. The quantitative estimate of drug-likeness (QED) is 0.431. The van der Waals surface area contributed by atoms with Gasteiger partial charge in [-0.25, -0.2) is 13.4 Å². The molecule has 11 heteroatoms. The number of hydrogen-bond acceptors (Lipinski definition) is 6. The Morgan fingerprint density at radius 3 is 2.50 bits per heavy atom. The maximum atomic E-state index is 13.0. The minimum Gasteiger partial charge on any atom is -0.480 e. The second kappa shape index (κ2) is 12.0. The number of hydrogen-bond donors (Lipinski definition) is 2. The van der Waals surface area contributed by atoms with Gasteiger partial charge in [0.05, 0.1) is 17.2 Å². The van der Waals surface area contributed by atoms with Crippen LogP contribution in [0, 0.1) is 0 Å². The standard InChI is InChI=1S/C21H30ClN3O5S2/c1-4-5-6-19-23-20(22)18(14-26)25(19)13-15-7-9-16(10-8-15)32(29,30)24(2)17(21(27)28)11-12-31-3/h7-10,17,26H,4-6,11-14H2,1-3H3,(H,27,28). The lowest BCUT2D eigenvalue weighted by Gasteiger charge is -2.24. The first kappa shape index (κ1) is 26.7. The van der Waals surface area contributed by atoms with Crippen LogP contribution in [0.5, 0.6) is 0 Å². The molecule has 0 aliphatic rings. The summed E-state index contributed by atoms with van der Waals surface area (Å²) < 4.78 is 28.7. The van der Waals surface area contributed by atoms with Crippen LogP contribution in [0.25, 0.3) is 0 Å². The summed E-state index contributed by atoms with van der Waals surface area (Å²) >= 11 is 7.65. The van der Waals surface area contributed by atoms with Gasteiger partial charge in [0.1, 0.15) is 11.9 Å². The Bertz CT molecular complexity index is 1010. The van der Waals surface area contributed by atoms with E-state index < -0.39 is 22.0 Å². The Hall–Kier alpha value is -1.59. The van der Waals surface area contributed by atoms with E-state index in [-0.39, 0.29) is 23.1 Å². The number of sulfonamides is 1. The molecule has 0 fully saturated rings. The lowest BCUT2D eigenvalue weighted by molar-refractivity contribution is -0.141. The second-order valence-corrected chi connectivity index (χ2v) is 10.8. The summed E-state index contributed by atoms with van der Waals surface area (Å²) in [6, 6.07) is 5.16. The van der Waals surface area contributed by atoms with Crippen molar-refractivity contribution in [2.45, 2.75) is 56.7 Å². The molecule has 0 saturated heterocycles. The first-order valence-corrected chi connectivity index (χ1v) is 13.5. The fraction of sp³-hybridized carbons (Fsp3) is 0.524. The lowest BCUT2D eigenvalue weighted by atomic mass is 10.2. The predicted octanol–water partition coefficient (Wildman–Crippen LogP) is 3.25. The normalized spacial score (nSPS) is 12.9.